The third kappa shape index (κ3) is 3.61. The molecule has 1 fully saturated rings. The van der Waals surface area contributed by atoms with Crippen molar-refractivity contribution in [2.24, 2.45) is 11.1 Å². The lowest BCUT2D eigenvalue weighted by atomic mass is 9.85. The predicted molar refractivity (Wildman–Crippen MR) is 89.7 cm³/mol. The van der Waals surface area contributed by atoms with Gasteiger partial charge in [-0.15, -0.1) is 12.4 Å². The number of hydrogen-bond donors (Lipinski definition) is 2. The largest absolute Gasteiger partial charge is 0.329 e. The molecule has 3 N–H and O–H groups in total. The average molecular weight is 395 g/mol. The van der Waals surface area contributed by atoms with E-state index in [0.717, 1.165) is 31.4 Å². The van der Waals surface area contributed by atoms with Crippen molar-refractivity contribution in [3.8, 4) is 0 Å². The molecule has 1 amide bonds. The highest BCUT2D eigenvalue weighted by Gasteiger charge is 2.39. The monoisotopic (exact) mass is 394 g/mol. The molecule has 1 aliphatic carbocycles. The fraction of sp³-hybridized carbons (Fsp3) is 0.500. The van der Waals surface area contributed by atoms with Gasteiger partial charge < -0.3 is 11.1 Å². The maximum Gasteiger partial charge on any atom is 0.231 e. The molecule has 0 aliphatic heterocycles. The first kappa shape index (κ1) is 16.7. The van der Waals surface area contributed by atoms with Crippen molar-refractivity contribution in [1.29, 1.82) is 0 Å². The van der Waals surface area contributed by atoms with Gasteiger partial charge in [-0.1, -0.05) is 18.9 Å². The van der Waals surface area contributed by atoms with Crippen LogP contribution in [0.15, 0.2) is 18.2 Å². The highest BCUT2D eigenvalue weighted by atomic mass is 127. The summed E-state index contributed by atoms with van der Waals surface area (Å²) in [4.78, 5) is 12.4. The third-order valence-corrected chi connectivity index (χ3v) is 5.02. The molecule has 0 bridgehead atoms. The predicted octanol–water partition coefficient (Wildman–Crippen LogP) is 3.48. The van der Waals surface area contributed by atoms with E-state index in [1.165, 1.54) is 9.13 Å². The van der Waals surface area contributed by atoms with Crippen LogP contribution in [0.4, 0.5) is 5.69 Å². The number of anilines is 1. The highest BCUT2D eigenvalue weighted by molar-refractivity contribution is 14.1. The maximum atomic E-state index is 12.4. The number of benzene rings is 1. The molecule has 3 nitrogen and oxygen atoms in total. The number of amides is 1. The van der Waals surface area contributed by atoms with Crippen LogP contribution in [0.5, 0.6) is 0 Å². The molecule has 0 radical (unpaired) electrons. The molecule has 1 aromatic carbocycles. The van der Waals surface area contributed by atoms with E-state index in [-0.39, 0.29) is 23.7 Å². The molecule has 2 rings (SSSR count). The summed E-state index contributed by atoms with van der Waals surface area (Å²) in [7, 11) is 0. The summed E-state index contributed by atoms with van der Waals surface area (Å²) in [6, 6.07) is 5.99. The molecular formula is C14H20ClIN2O. The molecule has 19 heavy (non-hydrogen) atoms. The first-order valence-corrected chi connectivity index (χ1v) is 7.43. The summed E-state index contributed by atoms with van der Waals surface area (Å²) >= 11 is 2.28. The lowest BCUT2D eigenvalue weighted by molar-refractivity contribution is -0.124. The molecule has 1 aromatic rings. The number of rotatable bonds is 3. The smallest absolute Gasteiger partial charge is 0.231 e. The summed E-state index contributed by atoms with van der Waals surface area (Å²) in [5.41, 5.74) is 7.57. The van der Waals surface area contributed by atoms with E-state index < -0.39 is 0 Å². The molecule has 0 saturated heterocycles. The van der Waals surface area contributed by atoms with Crippen LogP contribution in [-0.4, -0.2) is 12.5 Å². The van der Waals surface area contributed by atoms with E-state index in [0.29, 0.717) is 6.54 Å². The fourth-order valence-corrected chi connectivity index (χ4v) is 3.03. The van der Waals surface area contributed by atoms with Gasteiger partial charge in [0.25, 0.3) is 0 Å². The second-order valence-electron chi connectivity index (χ2n) is 5.11. The summed E-state index contributed by atoms with van der Waals surface area (Å²) < 4.78 is 1.17. The second-order valence-corrected chi connectivity index (χ2v) is 6.27. The molecule has 0 unspecified atom stereocenters. The Morgan fingerprint density at radius 2 is 2.05 bits per heavy atom. The van der Waals surface area contributed by atoms with Gasteiger partial charge in [0.2, 0.25) is 5.91 Å². The van der Waals surface area contributed by atoms with Gasteiger partial charge in [0.1, 0.15) is 0 Å². The quantitative estimate of drug-likeness (QED) is 0.771. The molecule has 1 saturated carbocycles. The van der Waals surface area contributed by atoms with Crippen LogP contribution < -0.4 is 11.1 Å². The highest BCUT2D eigenvalue weighted by Crippen LogP contribution is 2.38. The van der Waals surface area contributed by atoms with Crippen molar-refractivity contribution in [2.45, 2.75) is 32.6 Å². The summed E-state index contributed by atoms with van der Waals surface area (Å²) in [6.07, 6.45) is 4.04. The standard InChI is InChI=1S/C14H19IN2O.ClH/c1-10-4-5-11(8-12(10)15)17-13(18)14(9-16)6-2-3-7-14;/h4-5,8H,2-3,6-7,9,16H2,1H3,(H,17,18);1H. The zero-order valence-corrected chi connectivity index (χ0v) is 14.0. The summed E-state index contributed by atoms with van der Waals surface area (Å²) in [5.74, 6) is 0.0853. The number of hydrogen-bond acceptors (Lipinski definition) is 2. The molecule has 5 heteroatoms. The van der Waals surface area contributed by atoms with Crippen LogP contribution in [0.2, 0.25) is 0 Å². The van der Waals surface area contributed by atoms with E-state index in [2.05, 4.69) is 34.8 Å². The Morgan fingerprint density at radius 3 is 2.58 bits per heavy atom. The zero-order valence-electron chi connectivity index (χ0n) is 11.0. The van der Waals surface area contributed by atoms with Crippen LogP contribution in [0.3, 0.4) is 0 Å². The van der Waals surface area contributed by atoms with Crippen molar-refractivity contribution >= 4 is 46.6 Å². The summed E-state index contributed by atoms with van der Waals surface area (Å²) in [5, 5.41) is 3.02. The Morgan fingerprint density at radius 1 is 1.42 bits per heavy atom. The van der Waals surface area contributed by atoms with Gasteiger partial charge in [0.15, 0.2) is 0 Å². The van der Waals surface area contributed by atoms with Crippen molar-refractivity contribution in [3.05, 3.63) is 27.3 Å². The van der Waals surface area contributed by atoms with Gasteiger partial charge in [0, 0.05) is 15.8 Å². The van der Waals surface area contributed by atoms with Crippen molar-refractivity contribution in [2.75, 3.05) is 11.9 Å². The number of nitrogens with two attached hydrogens (primary N) is 1. The first-order valence-electron chi connectivity index (χ1n) is 6.35. The van der Waals surface area contributed by atoms with Gasteiger partial charge in [-0.2, -0.15) is 0 Å². The van der Waals surface area contributed by atoms with Gasteiger partial charge in [-0.05, 0) is 60.1 Å². The number of carbonyl (C=O) groups excluding carboxylic acids is 1. The van der Waals surface area contributed by atoms with Crippen LogP contribution in [-0.2, 0) is 4.79 Å². The number of aryl methyl sites for hydroxylation is 1. The molecular weight excluding hydrogens is 375 g/mol. The van der Waals surface area contributed by atoms with Crippen molar-refractivity contribution in [1.82, 2.24) is 0 Å². The summed E-state index contributed by atoms with van der Waals surface area (Å²) in [6.45, 7) is 2.51. The van der Waals surface area contributed by atoms with Gasteiger partial charge in [-0.25, -0.2) is 0 Å². The maximum absolute atomic E-state index is 12.4. The Hall–Kier alpha value is -0.330. The minimum Gasteiger partial charge on any atom is -0.329 e. The van der Waals surface area contributed by atoms with E-state index >= 15 is 0 Å². The van der Waals surface area contributed by atoms with Crippen molar-refractivity contribution in [3.63, 3.8) is 0 Å². The first-order chi connectivity index (χ1) is 8.57. The Kier molecular flexibility index (Phi) is 6.08. The normalized spacial score (nSPS) is 16.8. The van der Waals surface area contributed by atoms with E-state index in [4.69, 9.17) is 5.73 Å². The van der Waals surface area contributed by atoms with E-state index in [1.807, 2.05) is 18.2 Å². The Balaban J connectivity index is 0.00000180. The topological polar surface area (TPSA) is 55.1 Å². The lowest BCUT2D eigenvalue weighted by Crippen LogP contribution is -2.40. The van der Waals surface area contributed by atoms with Crippen LogP contribution >= 0.6 is 35.0 Å². The van der Waals surface area contributed by atoms with E-state index in [1.54, 1.807) is 0 Å². The van der Waals surface area contributed by atoms with Crippen LogP contribution in [0, 0.1) is 15.9 Å². The van der Waals surface area contributed by atoms with Gasteiger partial charge in [-0.3, -0.25) is 4.79 Å². The van der Waals surface area contributed by atoms with Gasteiger partial charge in [0.05, 0.1) is 5.41 Å². The average Bonchev–Trinajstić information content (AvgIpc) is 2.84. The van der Waals surface area contributed by atoms with Crippen molar-refractivity contribution < 1.29 is 4.79 Å². The minimum atomic E-state index is -0.337. The Bertz CT molecular complexity index is 459. The molecule has 1 aliphatic rings. The SMILES string of the molecule is Cc1ccc(NC(=O)C2(CN)CCCC2)cc1I.Cl. The number of nitrogens with one attached hydrogen (secondary N) is 1. The van der Waals surface area contributed by atoms with Crippen LogP contribution in [0.25, 0.3) is 0 Å². The number of halogens is 2. The third-order valence-electron chi connectivity index (χ3n) is 3.86. The Labute approximate surface area is 134 Å². The van der Waals surface area contributed by atoms with E-state index in [9.17, 15) is 4.79 Å². The molecule has 0 aromatic heterocycles. The molecule has 0 spiro atoms. The van der Waals surface area contributed by atoms with Gasteiger partial charge >= 0.3 is 0 Å². The molecule has 0 atom stereocenters. The zero-order chi connectivity index (χ0) is 13.2. The molecule has 0 heterocycles. The fourth-order valence-electron chi connectivity index (χ4n) is 2.51. The molecule has 106 valence electrons. The number of carbonyl (C=O) groups is 1. The lowest BCUT2D eigenvalue weighted by Gasteiger charge is -2.25. The second kappa shape index (κ2) is 6.90. The van der Waals surface area contributed by atoms with Crippen LogP contribution in [0.1, 0.15) is 31.2 Å². The minimum absolute atomic E-state index is 0.